The van der Waals surface area contributed by atoms with E-state index in [1.807, 2.05) is 43.3 Å². The first kappa shape index (κ1) is 21.4. The summed E-state index contributed by atoms with van der Waals surface area (Å²) in [7, 11) is 0. The van der Waals surface area contributed by atoms with Gasteiger partial charge in [0, 0.05) is 28.0 Å². The zero-order chi connectivity index (χ0) is 21.5. The molecule has 0 aliphatic rings. The van der Waals surface area contributed by atoms with Gasteiger partial charge < -0.3 is 20.5 Å². The number of carbonyl (C=O) groups excluding carboxylic acids is 1. The average Bonchev–Trinajstić information content (AvgIpc) is 2.73. The van der Waals surface area contributed by atoms with E-state index in [2.05, 4.69) is 26.6 Å². The number of benzene rings is 3. The lowest BCUT2D eigenvalue weighted by molar-refractivity contribution is -0.118. The number of ether oxygens (including phenoxy) is 1. The number of carboxylic acids is 1. The summed E-state index contributed by atoms with van der Waals surface area (Å²) in [6.07, 6.45) is 0. The maximum Gasteiger partial charge on any atom is 0.335 e. The molecule has 154 valence electrons. The summed E-state index contributed by atoms with van der Waals surface area (Å²) in [5, 5.41) is 15.0. The molecule has 3 aromatic carbocycles. The monoisotopic (exact) mass is 468 g/mol. The van der Waals surface area contributed by atoms with Crippen molar-refractivity contribution < 1.29 is 19.4 Å². The van der Waals surface area contributed by atoms with Gasteiger partial charge in [0.05, 0.1) is 5.56 Å². The van der Waals surface area contributed by atoms with E-state index in [1.165, 1.54) is 0 Å². The molecular formula is C23H21BrN2O4. The Bertz CT molecular complexity index is 1030. The standard InChI is InChI=1S/C23H21BrN2O4/c1-15-2-7-20(8-3-15)26-22(27)14-30-21-11-6-18(24)12-17(21)13-25-19-9-4-16(5-10-19)23(28)29/h2-12,25H,13-14H2,1H3,(H,26,27)(H,28,29). The van der Waals surface area contributed by atoms with Crippen LogP contribution in [0.3, 0.4) is 0 Å². The van der Waals surface area contributed by atoms with Crippen molar-refractivity contribution in [3.63, 3.8) is 0 Å². The van der Waals surface area contributed by atoms with Gasteiger partial charge in [-0.1, -0.05) is 33.6 Å². The van der Waals surface area contributed by atoms with E-state index in [-0.39, 0.29) is 18.1 Å². The summed E-state index contributed by atoms with van der Waals surface area (Å²) in [6, 6.07) is 19.6. The molecule has 3 aromatic rings. The third-order valence-electron chi connectivity index (χ3n) is 4.33. The van der Waals surface area contributed by atoms with Crippen molar-refractivity contribution in [1.29, 1.82) is 0 Å². The molecule has 0 radical (unpaired) electrons. The Morgan fingerprint density at radius 2 is 1.63 bits per heavy atom. The van der Waals surface area contributed by atoms with Crippen molar-refractivity contribution in [3.8, 4) is 5.75 Å². The molecule has 0 aromatic heterocycles. The average molecular weight is 469 g/mol. The second kappa shape index (κ2) is 9.93. The molecule has 3 rings (SSSR count). The van der Waals surface area contributed by atoms with Crippen LogP contribution in [0, 0.1) is 6.92 Å². The second-order valence-electron chi connectivity index (χ2n) is 6.69. The van der Waals surface area contributed by atoms with Crippen LogP contribution in [0.15, 0.2) is 71.2 Å². The van der Waals surface area contributed by atoms with Crippen LogP contribution in [0.4, 0.5) is 11.4 Å². The third kappa shape index (κ3) is 6.09. The number of aryl methyl sites for hydroxylation is 1. The van der Waals surface area contributed by atoms with E-state index in [4.69, 9.17) is 9.84 Å². The summed E-state index contributed by atoms with van der Waals surface area (Å²) >= 11 is 3.45. The van der Waals surface area contributed by atoms with E-state index in [0.717, 1.165) is 27.0 Å². The van der Waals surface area contributed by atoms with Gasteiger partial charge in [-0.15, -0.1) is 0 Å². The maximum atomic E-state index is 12.2. The van der Waals surface area contributed by atoms with Crippen molar-refractivity contribution in [3.05, 3.63) is 87.9 Å². The molecule has 0 aliphatic carbocycles. The number of halogens is 1. The van der Waals surface area contributed by atoms with Gasteiger partial charge in [-0.2, -0.15) is 0 Å². The summed E-state index contributed by atoms with van der Waals surface area (Å²) in [4.78, 5) is 23.2. The zero-order valence-electron chi connectivity index (χ0n) is 16.3. The minimum absolute atomic E-state index is 0.115. The van der Waals surface area contributed by atoms with Crippen LogP contribution in [0.5, 0.6) is 5.75 Å². The minimum Gasteiger partial charge on any atom is -0.483 e. The van der Waals surface area contributed by atoms with Crippen molar-refractivity contribution >= 4 is 39.2 Å². The van der Waals surface area contributed by atoms with Crippen molar-refractivity contribution in [1.82, 2.24) is 0 Å². The van der Waals surface area contributed by atoms with E-state index >= 15 is 0 Å². The first-order chi connectivity index (χ1) is 14.4. The van der Waals surface area contributed by atoms with Crippen LogP contribution in [-0.2, 0) is 11.3 Å². The highest BCUT2D eigenvalue weighted by molar-refractivity contribution is 9.10. The van der Waals surface area contributed by atoms with Crippen LogP contribution in [0.2, 0.25) is 0 Å². The lowest BCUT2D eigenvalue weighted by atomic mass is 10.1. The highest BCUT2D eigenvalue weighted by Crippen LogP contribution is 2.24. The van der Waals surface area contributed by atoms with Gasteiger partial charge in [0.2, 0.25) is 0 Å². The molecule has 0 heterocycles. The maximum absolute atomic E-state index is 12.2. The summed E-state index contributed by atoms with van der Waals surface area (Å²) in [5.74, 6) is -0.620. The Kier molecular flexibility index (Phi) is 7.08. The Morgan fingerprint density at radius 1 is 0.967 bits per heavy atom. The lowest BCUT2D eigenvalue weighted by Crippen LogP contribution is -2.20. The highest BCUT2D eigenvalue weighted by Gasteiger charge is 2.09. The molecule has 0 aliphatic heterocycles. The van der Waals surface area contributed by atoms with Gasteiger partial charge in [-0.3, -0.25) is 4.79 Å². The van der Waals surface area contributed by atoms with Crippen molar-refractivity contribution in [2.75, 3.05) is 17.2 Å². The quantitative estimate of drug-likeness (QED) is 0.428. The van der Waals surface area contributed by atoms with Gasteiger partial charge in [0.15, 0.2) is 6.61 Å². The number of rotatable bonds is 8. The van der Waals surface area contributed by atoms with Crippen LogP contribution in [0.25, 0.3) is 0 Å². The summed E-state index contributed by atoms with van der Waals surface area (Å²) < 4.78 is 6.62. The smallest absolute Gasteiger partial charge is 0.335 e. The van der Waals surface area contributed by atoms with Crippen LogP contribution in [-0.4, -0.2) is 23.6 Å². The number of amides is 1. The van der Waals surface area contributed by atoms with Gasteiger partial charge in [-0.05, 0) is 61.5 Å². The summed E-state index contributed by atoms with van der Waals surface area (Å²) in [6.45, 7) is 2.31. The molecule has 0 spiro atoms. The Labute approximate surface area is 183 Å². The van der Waals surface area contributed by atoms with Gasteiger partial charge >= 0.3 is 5.97 Å². The predicted molar refractivity (Wildman–Crippen MR) is 120 cm³/mol. The van der Waals surface area contributed by atoms with E-state index in [1.54, 1.807) is 30.3 Å². The number of hydrogen-bond acceptors (Lipinski definition) is 4. The highest BCUT2D eigenvalue weighted by atomic mass is 79.9. The number of carboxylic acid groups (broad SMARTS) is 1. The third-order valence-corrected chi connectivity index (χ3v) is 4.82. The molecule has 30 heavy (non-hydrogen) atoms. The fourth-order valence-electron chi connectivity index (χ4n) is 2.73. The number of carbonyl (C=O) groups is 2. The molecule has 0 unspecified atom stereocenters. The lowest BCUT2D eigenvalue weighted by Gasteiger charge is -2.14. The molecule has 1 amide bonds. The Hall–Kier alpha value is -3.32. The number of anilines is 2. The first-order valence-corrected chi connectivity index (χ1v) is 10.0. The number of hydrogen-bond donors (Lipinski definition) is 3. The molecule has 0 fully saturated rings. The molecule has 0 atom stereocenters. The number of aromatic carboxylic acids is 1. The second-order valence-corrected chi connectivity index (χ2v) is 7.61. The SMILES string of the molecule is Cc1ccc(NC(=O)COc2ccc(Br)cc2CNc2ccc(C(=O)O)cc2)cc1. The molecule has 0 saturated heterocycles. The Balaban J connectivity index is 1.60. The molecule has 0 saturated carbocycles. The van der Waals surface area contributed by atoms with Crippen molar-refractivity contribution in [2.24, 2.45) is 0 Å². The van der Waals surface area contributed by atoms with Gasteiger partial charge in [0.1, 0.15) is 5.75 Å². The molecule has 3 N–H and O–H groups in total. The summed E-state index contributed by atoms with van der Waals surface area (Å²) in [5.41, 5.74) is 3.70. The molecule has 0 bridgehead atoms. The Morgan fingerprint density at radius 3 is 2.30 bits per heavy atom. The molecule has 6 nitrogen and oxygen atoms in total. The van der Waals surface area contributed by atoms with Crippen LogP contribution < -0.4 is 15.4 Å². The fourth-order valence-corrected chi connectivity index (χ4v) is 3.14. The topological polar surface area (TPSA) is 87.7 Å². The van der Waals surface area contributed by atoms with E-state index in [9.17, 15) is 9.59 Å². The number of nitrogens with one attached hydrogen (secondary N) is 2. The molecule has 7 heteroatoms. The van der Waals surface area contributed by atoms with E-state index < -0.39 is 5.97 Å². The van der Waals surface area contributed by atoms with Crippen molar-refractivity contribution in [2.45, 2.75) is 13.5 Å². The molecular weight excluding hydrogens is 448 g/mol. The fraction of sp³-hybridized carbons (Fsp3) is 0.130. The van der Waals surface area contributed by atoms with Crippen LogP contribution >= 0.6 is 15.9 Å². The largest absolute Gasteiger partial charge is 0.483 e. The normalized spacial score (nSPS) is 10.3. The zero-order valence-corrected chi connectivity index (χ0v) is 17.9. The van der Waals surface area contributed by atoms with Gasteiger partial charge in [0.25, 0.3) is 5.91 Å². The van der Waals surface area contributed by atoms with Gasteiger partial charge in [-0.25, -0.2) is 4.79 Å². The van der Waals surface area contributed by atoms with Crippen LogP contribution in [0.1, 0.15) is 21.5 Å². The van der Waals surface area contributed by atoms with E-state index in [0.29, 0.717) is 12.3 Å². The minimum atomic E-state index is -0.965. The predicted octanol–water partition coefficient (Wildman–Crippen LogP) is 5.09. The first-order valence-electron chi connectivity index (χ1n) is 9.26.